The number of halogens is 2. The Kier molecular flexibility index (Phi) is 11.8. The lowest BCUT2D eigenvalue weighted by molar-refractivity contribution is 0.0955. The van der Waals surface area contributed by atoms with Gasteiger partial charge in [-0.05, 0) is 37.5 Å². The first-order valence-corrected chi connectivity index (χ1v) is 11.4. The van der Waals surface area contributed by atoms with Gasteiger partial charge in [0.1, 0.15) is 0 Å². The first-order chi connectivity index (χ1) is 15.2. The summed E-state index contributed by atoms with van der Waals surface area (Å²) in [6.07, 6.45) is 2.17. The van der Waals surface area contributed by atoms with Crippen molar-refractivity contribution in [3.63, 3.8) is 0 Å². The summed E-state index contributed by atoms with van der Waals surface area (Å²) in [6.45, 7) is 6.95. The van der Waals surface area contributed by atoms with Gasteiger partial charge in [-0.3, -0.25) is 14.7 Å². The Morgan fingerprint density at radius 3 is 2.44 bits per heavy atom. The topological polar surface area (TPSA) is 68.8 Å². The summed E-state index contributed by atoms with van der Waals surface area (Å²) in [7, 11) is 0. The van der Waals surface area contributed by atoms with Crippen LogP contribution in [0.2, 0.25) is 5.02 Å². The number of amides is 1. The maximum Gasteiger partial charge on any atom is 0.252 e. The number of likely N-dealkylation sites (tertiary alicyclic amines) is 1. The molecule has 0 radical (unpaired) electrons. The van der Waals surface area contributed by atoms with Crippen LogP contribution in [-0.4, -0.2) is 55.5 Å². The van der Waals surface area contributed by atoms with E-state index >= 15 is 0 Å². The smallest absolute Gasteiger partial charge is 0.252 e. The molecular formula is C24H33ClIN5O. The lowest BCUT2D eigenvalue weighted by Crippen LogP contribution is -2.48. The molecule has 0 spiro atoms. The summed E-state index contributed by atoms with van der Waals surface area (Å²) >= 11 is 6.08. The normalized spacial score (nSPS) is 15.0. The molecular weight excluding hydrogens is 537 g/mol. The number of nitrogens with one attached hydrogen (secondary N) is 3. The number of piperidine rings is 1. The third kappa shape index (κ3) is 8.60. The molecule has 1 heterocycles. The van der Waals surface area contributed by atoms with Gasteiger partial charge in [0.15, 0.2) is 5.96 Å². The van der Waals surface area contributed by atoms with Crippen molar-refractivity contribution in [1.82, 2.24) is 20.9 Å². The van der Waals surface area contributed by atoms with Gasteiger partial charge in [-0.2, -0.15) is 0 Å². The van der Waals surface area contributed by atoms with Crippen molar-refractivity contribution in [2.75, 3.05) is 32.7 Å². The maximum atomic E-state index is 12.2. The fourth-order valence-corrected chi connectivity index (χ4v) is 3.89. The van der Waals surface area contributed by atoms with Crippen LogP contribution in [0.15, 0.2) is 59.6 Å². The van der Waals surface area contributed by atoms with Crippen LogP contribution in [0, 0.1) is 0 Å². The maximum absolute atomic E-state index is 12.2. The van der Waals surface area contributed by atoms with Crippen LogP contribution < -0.4 is 16.0 Å². The van der Waals surface area contributed by atoms with Crippen LogP contribution in [0.1, 0.15) is 35.7 Å². The highest BCUT2D eigenvalue weighted by Gasteiger charge is 2.20. The van der Waals surface area contributed by atoms with E-state index in [2.05, 4.69) is 63.1 Å². The minimum absolute atomic E-state index is 0. The number of rotatable bonds is 8. The van der Waals surface area contributed by atoms with E-state index in [4.69, 9.17) is 11.6 Å². The highest BCUT2D eigenvalue weighted by atomic mass is 127. The second-order valence-electron chi connectivity index (χ2n) is 7.68. The number of hydrogen-bond acceptors (Lipinski definition) is 3. The monoisotopic (exact) mass is 569 g/mol. The Balaban J connectivity index is 0.00000363. The molecule has 3 N–H and O–H groups in total. The van der Waals surface area contributed by atoms with Gasteiger partial charge in [0.05, 0.1) is 17.1 Å². The number of aliphatic imine (C=N–C) groups is 1. The van der Waals surface area contributed by atoms with Crippen LogP contribution >= 0.6 is 35.6 Å². The third-order valence-electron chi connectivity index (χ3n) is 5.31. The predicted octanol–water partition coefficient (Wildman–Crippen LogP) is 3.91. The molecule has 6 nitrogen and oxygen atoms in total. The van der Waals surface area contributed by atoms with Gasteiger partial charge in [-0.15, -0.1) is 24.0 Å². The molecule has 0 saturated carbocycles. The highest BCUT2D eigenvalue weighted by Crippen LogP contribution is 2.15. The van der Waals surface area contributed by atoms with E-state index in [-0.39, 0.29) is 29.9 Å². The number of carbonyl (C=O) groups is 1. The molecule has 1 aliphatic rings. The average Bonchev–Trinajstić information content (AvgIpc) is 2.79. The molecule has 0 aromatic heterocycles. The summed E-state index contributed by atoms with van der Waals surface area (Å²) in [5.74, 6) is 0.626. The van der Waals surface area contributed by atoms with Gasteiger partial charge >= 0.3 is 0 Å². The van der Waals surface area contributed by atoms with Crippen molar-refractivity contribution in [3.8, 4) is 0 Å². The van der Waals surface area contributed by atoms with E-state index < -0.39 is 0 Å². The van der Waals surface area contributed by atoms with Crippen molar-refractivity contribution in [1.29, 1.82) is 0 Å². The third-order valence-corrected chi connectivity index (χ3v) is 5.64. The molecule has 1 aliphatic heterocycles. The van der Waals surface area contributed by atoms with Gasteiger partial charge in [0.2, 0.25) is 0 Å². The van der Waals surface area contributed by atoms with Crippen LogP contribution in [0.25, 0.3) is 0 Å². The average molecular weight is 570 g/mol. The summed E-state index contributed by atoms with van der Waals surface area (Å²) in [5.41, 5.74) is 1.85. The predicted molar refractivity (Wildman–Crippen MR) is 143 cm³/mol. The zero-order chi connectivity index (χ0) is 21.9. The number of hydrogen-bond donors (Lipinski definition) is 3. The number of guanidine groups is 1. The number of benzene rings is 2. The quantitative estimate of drug-likeness (QED) is 0.195. The second-order valence-corrected chi connectivity index (χ2v) is 8.08. The molecule has 1 amide bonds. The van der Waals surface area contributed by atoms with E-state index in [0.29, 0.717) is 29.7 Å². The Labute approximate surface area is 213 Å². The lowest BCUT2D eigenvalue weighted by atomic mass is 10.0. The van der Waals surface area contributed by atoms with Gasteiger partial charge in [-0.25, -0.2) is 0 Å². The van der Waals surface area contributed by atoms with Gasteiger partial charge in [0, 0.05) is 38.8 Å². The molecule has 2 aromatic carbocycles. The summed E-state index contributed by atoms with van der Waals surface area (Å²) < 4.78 is 0. The molecule has 0 atom stereocenters. The van der Waals surface area contributed by atoms with Crippen LogP contribution in [0.4, 0.5) is 0 Å². The van der Waals surface area contributed by atoms with Crippen molar-refractivity contribution < 1.29 is 4.79 Å². The van der Waals surface area contributed by atoms with Crippen molar-refractivity contribution >= 4 is 47.4 Å². The summed E-state index contributed by atoms with van der Waals surface area (Å²) in [6, 6.07) is 18.1. The molecule has 32 heavy (non-hydrogen) atoms. The number of nitrogens with zero attached hydrogens (tertiary/aromatic N) is 2. The van der Waals surface area contributed by atoms with E-state index in [9.17, 15) is 4.79 Å². The molecule has 3 rings (SSSR count). The Morgan fingerprint density at radius 2 is 1.75 bits per heavy atom. The molecule has 0 aliphatic carbocycles. The zero-order valence-corrected chi connectivity index (χ0v) is 21.6. The van der Waals surface area contributed by atoms with Crippen molar-refractivity contribution in [2.45, 2.75) is 32.4 Å². The minimum atomic E-state index is -0.176. The zero-order valence-electron chi connectivity index (χ0n) is 18.5. The Morgan fingerprint density at radius 1 is 1.06 bits per heavy atom. The Bertz CT molecular complexity index is 856. The summed E-state index contributed by atoms with van der Waals surface area (Å²) in [5, 5.41) is 10.2. The van der Waals surface area contributed by atoms with E-state index in [1.54, 1.807) is 18.2 Å². The number of carbonyl (C=O) groups excluding carboxylic acids is 1. The largest absolute Gasteiger partial charge is 0.357 e. The minimum Gasteiger partial charge on any atom is -0.357 e. The van der Waals surface area contributed by atoms with Crippen LogP contribution in [0.5, 0.6) is 0 Å². The van der Waals surface area contributed by atoms with Crippen molar-refractivity contribution in [2.24, 2.45) is 4.99 Å². The van der Waals surface area contributed by atoms with E-state index in [0.717, 1.165) is 45.0 Å². The Hall–Kier alpha value is -1.84. The summed E-state index contributed by atoms with van der Waals surface area (Å²) in [4.78, 5) is 19.4. The van der Waals surface area contributed by atoms with Gasteiger partial charge < -0.3 is 16.0 Å². The molecule has 0 unspecified atom stereocenters. The molecule has 0 bridgehead atoms. The molecule has 8 heteroatoms. The van der Waals surface area contributed by atoms with Crippen LogP contribution in [-0.2, 0) is 6.54 Å². The first kappa shape index (κ1) is 26.4. The van der Waals surface area contributed by atoms with Crippen LogP contribution in [0.3, 0.4) is 0 Å². The first-order valence-electron chi connectivity index (χ1n) is 11.0. The van der Waals surface area contributed by atoms with Gasteiger partial charge in [-0.1, -0.05) is 54.1 Å². The van der Waals surface area contributed by atoms with E-state index in [1.807, 2.05) is 6.07 Å². The fraction of sp³-hybridized carbons (Fsp3) is 0.417. The van der Waals surface area contributed by atoms with E-state index in [1.165, 1.54) is 5.56 Å². The molecule has 2 aromatic rings. The van der Waals surface area contributed by atoms with Gasteiger partial charge in [0.25, 0.3) is 5.91 Å². The molecule has 174 valence electrons. The fourth-order valence-electron chi connectivity index (χ4n) is 3.67. The van der Waals surface area contributed by atoms with Crippen molar-refractivity contribution in [3.05, 3.63) is 70.7 Å². The molecule has 1 fully saturated rings. The lowest BCUT2D eigenvalue weighted by Gasteiger charge is -2.33. The standard InChI is InChI=1S/C24H32ClN5O.HI/c1-2-26-24(28-15-14-27-23(31)21-10-6-7-11-22(21)25)29-20-12-16-30(17-13-20)18-19-8-4-3-5-9-19;/h3-11,20H,2,12-18H2,1H3,(H,27,31)(H2,26,28,29);1H. The highest BCUT2D eigenvalue weighted by molar-refractivity contribution is 14.0. The SMILES string of the molecule is CCNC(=NCCNC(=O)c1ccccc1Cl)NC1CCN(Cc2ccccc2)CC1.I. The second kappa shape index (κ2) is 14.3. The molecule has 1 saturated heterocycles.